The summed E-state index contributed by atoms with van der Waals surface area (Å²) in [5, 5.41) is 0. The Morgan fingerprint density at radius 2 is 1.80 bits per heavy atom. The molecule has 0 spiro atoms. The van der Waals surface area contributed by atoms with E-state index in [2.05, 4.69) is 27.7 Å². The second-order valence-corrected chi connectivity index (χ2v) is 6.11. The molecular formula is C15H30. The molecule has 2 unspecified atom stereocenters. The monoisotopic (exact) mass is 210 g/mol. The van der Waals surface area contributed by atoms with Gasteiger partial charge in [0.2, 0.25) is 0 Å². The third kappa shape index (κ3) is 3.81. The molecule has 0 aromatic rings. The highest BCUT2D eigenvalue weighted by Crippen LogP contribution is 2.44. The first kappa shape index (κ1) is 13.1. The van der Waals surface area contributed by atoms with Crippen LogP contribution in [0.4, 0.5) is 0 Å². The van der Waals surface area contributed by atoms with Crippen LogP contribution >= 0.6 is 0 Å². The minimum Gasteiger partial charge on any atom is -0.0651 e. The molecule has 1 aliphatic rings. The van der Waals surface area contributed by atoms with E-state index in [4.69, 9.17) is 0 Å². The fraction of sp³-hybridized carbons (Fsp3) is 1.00. The van der Waals surface area contributed by atoms with Gasteiger partial charge in [0.15, 0.2) is 0 Å². The van der Waals surface area contributed by atoms with E-state index in [0.717, 1.165) is 17.3 Å². The van der Waals surface area contributed by atoms with Gasteiger partial charge in [0.25, 0.3) is 0 Å². The smallest absolute Gasteiger partial charge is 0.0326 e. The molecule has 0 N–H and O–H groups in total. The van der Waals surface area contributed by atoms with Gasteiger partial charge in [-0.05, 0) is 36.5 Å². The Balaban J connectivity index is 2.16. The van der Waals surface area contributed by atoms with Gasteiger partial charge >= 0.3 is 0 Å². The van der Waals surface area contributed by atoms with Crippen LogP contribution in [0.5, 0.6) is 0 Å². The molecule has 1 saturated carbocycles. The second kappa shape index (κ2) is 5.92. The van der Waals surface area contributed by atoms with Crippen LogP contribution in [-0.2, 0) is 0 Å². The summed E-state index contributed by atoms with van der Waals surface area (Å²) in [5.74, 6) is 1.92. The molecule has 0 aromatic carbocycles. The molecule has 0 aromatic heterocycles. The normalized spacial score (nSPS) is 23.2. The fourth-order valence-corrected chi connectivity index (χ4v) is 3.05. The Morgan fingerprint density at radius 3 is 2.20 bits per heavy atom. The predicted octanol–water partition coefficient (Wildman–Crippen LogP) is 5.42. The van der Waals surface area contributed by atoms with Gasteiger partial charge in [0, 0.05) is 0 Å². The zero-order valence-corrected chi connectivity index (χ0v) is 11.3. The first-order valence-electron chi connectivity index (χ1n) is 7.11. The molecule has 1 fully saturated rings. The first-order chi connectivity index (χ1) is 7.11. The second-order valence-electron chi connectivity index (χ2n) is 6.11. The van der Waals surface area contributed by atoms with Crippen molar-refractivity contribution in [3.63, 3.8) is 0 Å². The first-order valence-corrected chi connectivity index (χ1v) is 7.11. The standard InChI is InChI=1S/C15H30/c1-5-13(3)14(6-2)9-7-10-15(4)11-8-12-15/h13-14H,5-12H2,1-4H3. The Labute approximate surface area is 96.8 Å². The highest BCUT2D eigenvalue weighted by molar-refractivity contribution is 4.83. The molecule has 90 valence electrons. The molecule has 0 bridgehead atoms. The zero-order valence-electron chi connectivity index (χ0n) is 11.3. The van der Waals surface area contributed by atoms with E-state index < -0.39 is 0 Å². The van der Waals surface area contributed by atoms with Gasteiger partial charge < -0.3 is 0 Å². The maximum Gasteiger partial charge on any atom is -0.0326 e. The fourth-order valence-electron chi connectivity index (χ4n) is 3.05. The molecule has 1 aliphatic carbocycles. The van der Waals surface area contributed by atoms with Crippen molar-refractivity contribution >= 4 is 0 Å². The summed E-state index contributed by atoms with van der Waals surface area (Å²) < 4.78 is 0. The van der Waals surface area contributed by atoms with Crippen molar-refractivity contribution < 1.29 is 0 Å². The average molecular weight is 210 g/mol. The maximum atomic E-state index is 2.49. The number of hydrogen-bond donors (Lipinski definition) is 0. The van der Waals surface area contributed by atoms with Crippen LogP contribution in [0.25, 0.3) is 0 Å². The summed E-state index contributed by atoms with van der Waals surface area (Å²) in [7, 11) is 0. The highest BCUT2D eigenvalue weighted by Gasteiger charge is 2.31. The summed E-state index contributed by atoms with van der Waals surface area (Å²) in [6.45, 7) is 9.61. The molecule has 1 rings (SSSR count). The molecule has 0 heterocycles. The van der Waals surface area contributed by atoms with E-state index >= 15 is 0 Å². The van der Waals surface area contributed by atoms with Crippen LogP contribution in [-0.4, -0.2) is 0 Å². The van der Waals surface area contributed by atoms with Crippen molar-refractivity contribution in [1.29, 1.82) is 0 Å². The average Bonchev–Trinajstić information content (AvgIpc) is 2.21. The van der Waals surface area contributed by atoms with Gasteiger partial charge in [0.1, 0.15) is 0 Å². The van der Waals surface area contributed by atoms with E-state index in [1.807, 2.05) is 0 Å². The van der Waals surface area contributed by atoms with Gasteiger partial charge in [-0.15, -0.1) is 0 Å². The van der Waals surface area contributed by atoms with Gasteiger partial charge in [0.05, 0.1) is 0 Å². The molecule has 0 heteroatoms. The van der Waals surface area contributed by atoms with Crippen molar-refractivity contribution in [2.45, 2.75) is 79.1 Å². The predicted molar refractivity (Wildman–Crippen MR) is 69.0 cm³/mol. The summed E-state index contributed by atoms with van der Waals surface area (Å²) in [6.07, 6.45) is 11.6. The Hall–Kier alpha value is 0. The topological polar surface area (TPSA) is 0 Å². The lowest BCUT2D eigenvalue weighted by molar-refractivity contribution is 0.135. The van der Waals surface area contributed by atoms with Crippen molar-refractivity contribution in [3.8, 4) is 0 Å². The van der Waals surface area contributed by atoms with Gasteiger partial charge in [-0.25, -0.2) is 0 Å². The van der Waals surface area contributed by atoms with Gasteiger partial charge in [-0.1, -0.05) is 59.8 Å². The van der Waals surface area contributed by atoms with Crippen molar-refractivity contribution in [2.75, 3.05) is 0 Å². The summed E-state index contributed by atoms with van der Waals surface area (Å²) in [6, 6.07) is 0. The third-order valence-electron chi connectivity index (χ3n) is 4.89. The molecule has 0 amide bonds. The van der Waals surface area contributed by atoms with Crippen LogP contribution in [0, 0.1) is 17.3 Å². The molecule has 0 aliphatic heterocycles. The molecule has 0 radical (unpaired) electrons. The summed E-state index contributed by atoms with van der Waals surface area (Å²) >= 11 is 0. The van der Waals surface area contributed by atoms with Gasteiger partial charge in [-0.3, -0.25) is 0 Å². The zero-order chi connectivity index (χ0) is 11.3. The number of hydrogen-bond acceptors (Lipinski definition) is 0. The maximum absolute atomic E-state index is 2.49. The Morgan fingerprint density at radius 1 is 1.13 bits per heavy atom. The Bertz CT molecular complexity index is 167. The SMILES string of the molecule is CCC(C)C(CC)CCCC1(C)CCC1. The molecular weight excluding hydrogens is 180 g/mol. The summed E-state index contributed by atoms with van der Waals surface area (Å²) in [4.78, 5) is 0. The van der Waals surface area contributed by atoms with E-state index in [0.29, 0.717) is 0 Å². The van der Waals surface area contributed by atoms with Crippen molar-refractivity contribution in [1.82, 2.24) is 0 Å². The van der Waals surface area contributed by atoms with Crippen LogP contribution in [0.2, 0.25) is 0 Å². The van der Waals surface area contributed by atoms with Gasteiger partial charge in [-0.2, -0.15) is 0 Å². The largest absolute Gasteiger partial charge is 0.0651 e. The molecule has 2 atom stereocenters. The highest BCUT2D eigenvalue weighted by atomic mass is 14.4. The molecule has 0 nitrogen and oxygen atoms in total. The van der Waals surface area contributed by atoms with Crippen molar-refractivity contribution in [2.24, 2.45) is 17.3 Å². The van der Waals surface area contributed by atoms with Crippen LogP contribution in [0.1, 0.15) is 79.1 Å². The Kier molecular flexibility index (Phi) is 5.15. The van der Waals surface area contributed by atoms with E-state index in [1.54, 1.807) is 0 Å². The lowest BCUT2D eigenvalue weighted by Gasteiger charge is -2.39. The van der Waals surface area contributed by atoms with Crippen LogP contribution in [0.15, 0.2) is 0 Å². The minimum absolute atomic E-state index is 0.744. The lowest BCUT2D eigenvalue weighted by atomic mass is 9.67. The quantitative estimate of drug-likeness (QED) is 0.526. The van der Waals surface area contributed by atoms with Crippen molar-refractivity contribution in [3.05, 3.63) is 0 Å². The van der Waals surface area contributed by atoms with E-state index in [1.165, 1.54) is 51.4 Å². The van der Waals surface area contributed by atoms with Crippen LogP contribution < -0.4 is 0 Å². The van der Waals surface area contributed by atoms with E-state index in [-0.39, 0.29) is 0 Å². The third-order valence-corrected chi connectivity index (χ3v) is 4.89. The molecule has 15 heavy (non-hydrogen) atoms. The van der Waals surface area contributed by atoms with Crippen LogP contribution in [0.3, 0.4) is 0 Å². The molecule has 0 saturated heterocycles. The lowest BCUT2D eigenvalue weighted by Crippen LogP contribution is -2.25. The number of rotatable bonds is 7. The summed E-state index contributed by atoms with van der Waals surface area (Å²) in [5.41, 5.74) is 0.744. The van der Waals surface area contributed by atoms with E-state index in [9.17, 15) is 0 Å². The minimum atomic E-state index is 0.744.